The topological polar surface area (TPSA) is 75.2 Å². The second-order valence-electron chi connectivity index (χ2n) is 4.38. The van der Waals surface area contributed by atoms with Gasteiger partial charge in [0.05, 0.1) is 11.8 Å². The Morgan fingerprint density at radius 3 is 3.17 bits per heavy atom. The zero-order valence-corrected chi connectivity index (χ0v) is 10.6. The Bertz CT molecular complexity index is 453. The molecule has 1 aliphatic rings. The van der Waals surface area contributed by atoms with Crippen molar-refractivity contribution >= 4 is 11.5 Å². The Kier molecular flexibility index (Phi) is 4.00. The summed E-state index contributed by atoms with van der Waals surface area (Å²) in [5, 5.41) is 8.94. The molecule has 1 aliphatic heterocycles. The van der Waals surface area contributed by atoms with E-state index in [0.29, 0.717) is 11.4 Å². The normalized spacial score (nSPS) is 19.6. The average molecular weight is 246 g/mol. The number of nitrogens with two attached hydrogens (primary N) is 1. The molecule has 2 rings (SSSR count). The molecule has 1 aromatic rings. The van der Waals surface area contributed by atoms with Crippen molar-refractivity contribution < 1.29 is 4.74 Å². The fourth-order valence-electron chi connectivity index (χ4n) is 2.24. The molecule has 96 valence electrons. The molecule has 0 saturated carbocycles. The van der Waals surface area contributed by atoms with E-state index < -0.39 is 0 Å². The van der Waals surface area contributed by atoms with E-state index in [0.717, 1.165) is 38.4 Å². The van der Waals surface area contributed by atoms with E-state index in [-0.39, 0.29) is 6.10 Å². The number of hydrogen-bond donors (Lipinski definition) is 1. The summed E-state index contributed by atoms with van der Waals surface area (Å²) in [5.74, 6) is 0.810. The summed E-state index contributed by atoms with van der Waals surface area (Å²) in [6.45, 7) is 4.52. The van der Waals surface area contributed by atoms with Crippen LogP contribution in [0, 0.1) is 11.3 Å². The minimum absolute atomic E-state index is 0.258. The lowest BCUT2D eigenvalue weighted by Gasteiger charge is -2.33. The molecule has 5 nitrogen and oxygen atoms in total. The Hall–Kier alpha value is -1.80. The predicted octanol–water partition coefficient (Wildman–Crippen LogP) is 1.54. The fraction of sp³-hybridized carbons (Fsp3) is 0.538. The summed E-state index contributed by atoms with van der Waals surface area (Å²) in [6.07, 6.45) is 2.43. The van der Waals surface area contributed by atoms with Crippen molar-refractivity contribution in [3.63, 3.8) is 0 Å². The number of anilines is 2. The minimum atomic E-state index is 0.258. The number of nitrogens with zero attached hydrogens (tertiary/aromatic N) is 3. The van der Waals surface area contributed by atoms with Gasteiger partial charge in [-0.05, 0) is 31.9 Å². The van der Waals surface area contributed by atoms with Crippen molar-refractivity contribution in [2.75, 3.05) is 30.3 Å². The van der Waals surface area contributed by atoms with Crippen LogP contribution in [-0.4, -0.2) is 30.8 Å². The molecule has 1 unspecified atom stereocenters. The third-order valence-electron chi connectivity index (χ3n) is 3.12. The molecule has 0 amide bonds. The summed E-state index contributed by atoms with van der Waals surface area (Å²) in [4.78, 5) is 6.45. The predicted molar refractivity (Wildman–Crippen MR) is 70.2 cm³/mol. The monoisotopic (exact) mass is 246 g/mol. The Balaban J connectivity index is 2.13. The SMILES string of the molecule is CCOC1CCCN(c2ccc(N)c(C#N)n2)C1. The molecular weight excluding hydrogens is 228 g/mol. The van der Waals surface area contributed by atoms with Crippen LogP contribution in [0.25, 0.3) is 0 Å². The molecule has 1 fully saturated rings. The summed E-state index contributed by atoms with van der Waals surface area (Å²) in [7, 11) is 0. The smallest absolute Gasteiger partial charge is 0.165 e. The first-order valence-electron chi connectivity index (χ1n) is 6.27. The van der Waals surface area contributed by atoms with Gasteiger partial charge in [-0.2, -0.15) is 5.26 Å². The zero-order valence-electron chi connectivity index (χ0n) is 10.6. The standard InChI is InChI=1S/C13H18N4O/c1-2-18-10-4-3-7-17(9-10)13-6-5-11(15)12(8-14)16-13/h5-6,10H,2-4,7,9,15H2,1H3. The zero-order chi connectivity index (χ0) is 13.0. The van der Waals surface area contributed by atoms with Crippen LogP contribution in [0.15, 0.2) is 12.1 Å². The van der Waals surface area contributed by atoms with Crippen LogP contribution in [0.5, 0.6) is 0 Å². The van der Waals surface area contributed by atoms with E-state index >= 15 is 0 Å². The number of nitrogen functional groups attached to an aromatic ring is 1. The third-order valence-corrected chi connectivity index (χ3v) is 3.12. The second-order valence-corrected chi connectivity index (χ2v) is 4.38. The third kappa shape index (κ3) is 2.71. The van der Waals surface area contributed by atoms with E-state index in [1.807, 2.05) is 19.1 Å². The van der Waals surface area contributed by atoms with Gasteiger partial charge >= 0.3 is 0 Å². The molecule has 18 heavy (non-hydrogen) atoms. The van der Waals surface area contributed by atoms with Crippen LogP contribution in [-0.2, 0) is 4.74 Å². The van der Waals surface area contributed by atoms with Crippen molar-refractivity contribution in [3.8, 4) is 6.07 Å². The maximum Gasteiger partial charge on any atom is 0.165 e. The molecule has 0 aliphatic carbocycles. The molecule has 0 aromatic carbocycles. The Labute approximate surface area is 107 Å². The van der Waals surface area contributed by atoms with Crippen LogP contribution < -0.4 is 10.6 Å². The van der Waals surface area contributed by atoms with E-state index in [4.69, 9.17) is 15.7 Å². The molecule has 0 spiro atoms. The van der Waals surface area contributed by atoms with Gasteiger partial charge in [-0.25, -0.2) is 4.98 Å². The Morgan fingerprint density at radius 2 is 2.44 bits per heavy atom. The van der Waals surface area contributed by atoms with Gasteiger partial charge in [0.1, 0.15) is 11.9 Å². The van der Waals surface area contributed by atoms with Crippen molar-refractivity contribution in [1.82, 2.24) is 4.98 Å². The maximum absolute atomic E-state index is 8.94. The fourth-order valence-corrected chi connectivity index (χ4v) is 2.24. The highest BCUT2D eigenvalue weighted by Gasteiger charge is 2.21. The molecule has 2 N–H and O–H groups in total. The first kappa shape index (κ1) is 12.7. The van der Waals surface area contributed by atoms with Crippen molar-refractivity contribution in [1.29, 1.82) is 5.26 Å². The number of nitriles is 1. The van der Waals surface area contributed by atoms with Crippen molar-refractivity contribution in [3.05, 3.63) is 17.8 Å². The second kappa shape index (κ2) is 5.69. The molecule has 0 radical (unpaired) electrons. The van der Waals surface area contributed by atoms with E-state index in [1.54, 1.807) is 6.07 Å². The molecular formula is C13H18N4O. The number of pyridine rings is 1. The van der Waals surface area contributed by atoms with Crippen LogP contribution >= 0.6 is 0 Å². The number of rotatable bonds is 3. The average Bonchev–Trinajstić information content (AvgIpc) is 2.40. The highest BCUT2D eigenvalue weighted by Crippen LogP contribution is 2.21. The van der Waals surface area contributed by atoms with E-state index in [9.17, 15) is 0 Å². The quantitative estimate of drug-likeness (QED) is 0.875. The lowest BCUT2D eigenvalue weighted by molar-refractivity contribution is 0.0525. The van der Waals surface area contributed by atoms with Gasteiger partial charge in [-0.1, -0.05) is 0 Å². The summed E-state index contributed by atoms with van der Waals surface area (Å²) in [5.41, 5.74) is 6.40. The first-order chi connectivity index (χ1) is 8.74. The van der Waals surface area contributed by atoms with Gasteiger partial charge in [0.25, 0.3) is 0 Å². The minimum Gasteiger partial charge on any atom is -0.396 e. The highest BCUT2D eigenvalue weighted by molar-refractivity contribution is 5.55. The highest BCUT2D eigenvalue weighted by atomic mass is 16.5. The van der Waals surface area contributed by atoms with Gasteiger partial charge in [0.15, 0.2) is 5.69 Å². The number of hydrogen-bond acceptors (Lipinski definition) is 5. The largest absolute Gasteiger partial charge is 0.396 e. The first-order valence-corrected chi connectivity index (χ1v) is 6.27. The molecule has 1 atom stereocenters. The summed E-state index contributed by atoms with van der Waals surface area (Å²) in [6, 6.07) is 5.62. The van der Waals surface area contributed by atoms with Gasteiger partial charge < -0.3 is 15.4 Å². The summed E-state index contributed by atoms with van der Waals surface area (Å²) < 4.78 is 5.66. The molecule has 5 heteroatoms. The molecule has 1 aromatic heterocycles. The maximum atomic E-state index is 8.94. The van der Waals surface area contributed by atoms with Crippen LogP contribution in [0.3, 0.4) is 0 Å². The van der Waals surface area contributed by atoms with E-state index in [2.05, 4.69) is 9.88 Å². The van der Waals surface area contributed by atoms with Crippen LogP contribution in [0.4, 0.5) is 11.5 Å². The molecule has 1 saturated heterocycles. The number of piperidine rings is 1. The molecule has 2 heterocycles. The van der Waals surface area contributed by atoms with Gasteiger partial charge in [0, 0.05) is 19.7 Å². The van der Waals surface area contributed by atoms with Gasteiger partial charge in [-0.3, -0.25) is 0 Å². The van der Waals surface area contributed by atoms with Crippen molar-refractivity contribution in [2.24, 2.45) is 0 Å². The van der Waals surface area contributed by atoms with Crippen LogP contribution in [0.1, 0.15) is 25.5 Å². The van der Waals surface area contributed by atoms with E-state index in [1.165, 1.54) is 0 Å². The lowest BCUT2D eigenvalue weighted by atomic mass is 10.1. The van der Waals surface area contributed by atoms with Gasteiger partial charge in [0.2, 0.25) is 0 Å². The van der Waals surface area contributed by atoms with Gasteiger partial charge in [-0.15, -0.1) is 0 Å². The lowest BCUT2D eigenvalue weighted by Crippen LogP contribution is -2.40. The number of ether oxygens (including phenoxy) is 1. The number of aromatic nitrogens is 1. The molecule has 0 bridgehead atoms. The van der Waals surface area contributed by atoms with Crippen LogP contribution in [0.2, 0.25) is 0 Å². The Morgan fingerprint density at radius 1 is 1.61 bits per heavy atom. The summed E-state index contributed by atoms with van der Waals surface area (Å²) >= 11 is 0. The van der Waals surface area contributed by atoms with Crippen molar-refractivity contribution in [2.45, 2.75) is 25.9 Å².